The van der Waals surface area contributed by atoms with Crippen LogP contribution in [0, 0.1) is 0 Å². The van der Waals surface area contributed by atoms with Crippen molar-refractivity contribution >= 4 is 17.8 Å². The second-order valence-electron chi connectivity index (χ2n) is 6.13. The molecule has 1 amide bonds. The number of carboxylic acid groups (broad SMARTS) is 1. The number of rotatable bonds is 15. The van der Waals surface area contributed by atoms with Crippen LogP contribution in [-0.2, 0) is 9.59 Å². The van der Waals surface area contributed by atoms with Gasteiger partial charge in [-0.05, 0) is 12.8 Å². The van der Waals surface area contributed by atoms with Gasteiger partial charge >= 0.3 is 5.97 Å². The number of nitrogens with zero attached hydrogens (tertiary/aromatic N) is 1. The number of unbranched alkanes of at least 4 members (excludes halogenated alkanes) is 8. The van der Waals surface area contributed by atoms with Crippen LogP contribution in [0.2, 0.25) is 0 Å². The Morgan fingerprint density at radius 3 is 2.04 bits per heavy atom. The summed E-state index contributed by atoms with van der Waals surface area (Å²) < 4.78 is 0. The maximum Gasteiger partial charge on any atom is 0.326 e. The molecule has 7 heteroatoms. The Hall–Kier alpha value is -1.79. The Kier molecular flexibility index (Phi) is 13.7. The largest absolute Gasteiger partial charge is 0.480 e. The van der Waals surface area contributed by atoms with Gasteiger partial charge in [-0.25, -0.2) is 4.79 Å². The lowest BCUT2D eigenvalue weighted by molar-refractivity contribution is -0.142. The number of amides is 1. The number of guanidine groups is 1. The average Bonchev–Trinajstić information content (AvgIpc) is 2.52. The minimum Gasteiger partial charge on any atom is -0.480 e. The monoisotopic (exact) mass is 342 g/mol. The average molecular weight is 342 g/mol. The maximum absolute atomic E-state index is 11.8. The van der Waals surface area contributed by atoms with E-state index in [0.717, 1.165) is 19.3 Å². The van der Waals surface area contributed by atoms with Gasteiger partial charge in [0.25, 0.3) is 0 Å². The van der Waals surface area contributed by atoms with Crippen molar-refractivity contribution in [2.75, 3.05) is 6.54 Å². The molecule has 0 fully saturated rings. The van der Waals surface area contributed by atoms with E-state index in [1.54, 1.807) is 0 Å². The molecule has 0 aliphatic heterocycles. The second kappa shape index (κ2) is 14.8. The summed E-state index contributed by atoms with van der Waals surface area (Å²) in [5.41, 5.74) is 10.4. The lowest BCUT2D eigenvalue weighted by Gasteiger charge is -2.13. The number of carboxylic acids is 1. The van der Waals surface area contributed by atoms with Crippen molar-refractivity contribution in [2.45, 2.75) is 83.6 Å². The zero-order valence-corrected chi connectivity index (χ0v) is 14.9. The van der Waals surface area contributed by atoms with Gasteiger partial charge in [-0.3, -0.25) is 9.79 Å². The molecule has 24 heavy (non-hydrogen) atoms. The topological polar surface area (TPSA) is 131 Å². The van der Waals surface area contributed by atoms with E-state index >= 15 is 0 Å². The van der Waals surface area contributed by atoms with Gasteiger partial charge in [0.05, 0.1) is 0 Å². The standard InChI is InChI=1S/C17H34N4O3/c1-2-3-4-5-6-7-8-9-10-11-15(22)21-14(16(23)24)12-13-20-17(18)19/h14H,2-13H2,1H3,(H,21,22)(H,23,24)(H4,18,19,20)/t14-/m0/s1. The first-order chi connectivity index (χ1) is 11.5. The van der Waals surface area contributed by atoms with Gasteiger partial charge in [-0.15, -0.1) is 0 Å². The molecule has 0 saturated heterocycles. The number of carbonyl (C=O) groups excluding carboxylic acids is 1. The summed E-state index contributed by atoms with van der Waals surface area (Å²) >= 11 is 0. The molecule has 0 spiro atoms. The van der Waals surface area contributed by atoms with E-state index in [4.69, 9.17) is 16.6 Å². The first-order valence-electron chi connectivity index (χ1n) is 9.05. The van der Waals surface area contributed by atoms with Crippen LogP contribution in [0.1, 0.15) is 77.6 Å². The Balaban J connectivity index is 3.74. The highest BCUT2D eigenvalue weighted by atomic mass is 16.4. The first kappa shape index (κ1) is 22.2. The molecule has 0 aliphatic rings. The minimum atomic E-state index is -1.07. The molecule has 0 aromatic heterocycles. The highest BCUT2D eigenvalue weighted by molar-refractivity contribution is 5.83. The number of nitrogens with two attached hydrogens (primary N) is 2. The number of hydrogen-bond donors (Lipinski definition) is 4. The molecular weight excluding hydrogens is 308 g/mol. The molecule has 140 valence electrons. The Morgan fingerprint density at radius 1 is 1.00 bits per heavy atom. The smallest absolute Gasteiger partial charge is 0.326 e. The summed E-state index contributed by atoms with van der Waals surface area (Å²) in [7, 11) is 0. The highest BCUT2D eigenvalue weighted by Gasteiger charge is 2.18. The minimum absolute atomic E-state index is 0.0832. The lowest BCUT2D eigenvalue weighted by atomic mass is 10.1. The van der Waals surface area contributed by atoms with Gasteiger partial charge < -0.3 is 21.9 Å². The summed E-state index contributed by atoms with van der Waals surface area (Å²) in [4.78, 5) is 26.6. The summed E-state index contributed by atoms with van der Waals surface area (Å²) in [5.74, 6) is -1.38. The third-order valence-corrected chi connectivity index (χ3v) is 3.85. The first-order valence-corrected chi connectivity index (χ1v) is 9.05. The quantitative estimate of drug-likeness (QED) is 0.206. The predicted molar refractivity (Wildman–Crippen MR) is 96.7 cm³/mol. The third kappa shape index (κ3) is 13.8. The molecule has 0 unspecified atom stereocenters. The van der Waals surface area contributed by atoms with Crippen molar-refractivity contribution in [1.29, 1.82) is 0 Å². The van der Waals surface area contributed by atoms with Crippen molar-refractivity contribution < 1.29 is 14.7 Å². The van der Waals surface area contributed by atoms with Crippen LogP contribution in [-0.4, -0.2) is 35.5 Å². The predicted octanol–water partition coefficient (Wildman–Crippen LogP) is 2.14. The number of aliphatic imine (C=N–C) groups is 1. The van der Waals surface area contributed by atoms with Gasteiger partial charge in [0.2, 0.25) is 5.91 Å². The molecule has 0 heterocycles. The van der Waals surface area contributed by atoms with E-state index in [1.165, 1.54) is 38.5 Å². The molecule has 0 rings (SSSR count). The second-order valence-corrected chi connectivity index (χ2v) is 6.13. The van der Waals surface area contributed by atoms with Crippen molar-refractivity contribution in [2.24, 2.45) is 16.5 Å². The van der Waals surface area contributed by atoms with E-state index in [2.05, 4.69) is 17.2 Å². The molecule has 0 saturated carbocycles. The number of nitrogens with one attached hydrogen (secondary N) is 1. The van der Waals surface area contributed by atoms with Crippen molar-refractivity contribution in [1.82, 2.24) is 5.32 Å². The number of carbonyl (C=O) groups is 2. The van der Waals surface area contributed by atoms with Crippen LogP contribution >= 0.6 is 0 Å². The molecule has 0 bridgehead atoms. The summed E-state index contributed by atoms with van der Waals surface area (Å²) in [6, 6.07) is -0.945. The van der Waals surface area contributed by atoms with Crippen LogP contribution in [0.3, 0.4) is 0 Å². The summed E-state index contributed by atoms with van der Waals surface area (Å²) in [6.07, 6.45) is 11.1. The zero-order valence-electron chi connectivity index (χ0n) is 14.9. The van der Waals surface area contributed by atoms with E-state index in [1.807, 2.05) is 0 Å². The fourth-order valence-corrected chi connectivity index (χ4v) is 2.44. The summed E-state index contributed by atoms with van der Waals surface area (Å²) in [6.45, 7) is 2.39. The van der Waals surface area contributed by atoms with Crippen molar-refractivity contribution in [3.8, 4) is 0 Å². The van der Waals surface area contributed by atoms with Gasteiger partial charge in [0.1, 0.15) is 6.04 Å². The zero-order chi connectivity index (χ0) is 18.2. The highest BCUT2D eigenvalue weighted by Crippen LogP contribution is 2.10. The maximum atomic E-state index is 11.8. The molecule has 0 radical (unpaired) electrons. The molecule has 0 aromatic rings. The lowest BCUT2D eigenvalue weighted by Crippen LogP contribution is -2.41. The molecule has 1 atom stereocenters. The molecule has 0 aliphatic carbocycles. The van der Waals surface area contributed by atoms with Crippen molar-refractivity contribution in [3.63, 3.8) is 0 Å². The van der Waals surface area contributed by atoms with Crippen LogP contribution in [0.4, 0.5) is 0 Å². The fraction of sp³-hybridized carbons (Fsp3) is 0.824. The molecule has 7 nitrogen and oxygen atoms in total. The third-order valence-electron chi connectivity index (χ3n) is 3.85. The normalized spacial score (nSPS) is 11.7. The van der Waals surface area contributed by atoms with Crippen molar-refractivity contribution in [3.05, 3.63) is 0 Å². The SMILES string of the molecule is CCCCCCCCCCCC(=O)N[C@@H](CCN=C(N)N)C(=O)O. The van der Waals surface area contributed by atoms with Crippen LogP contribution in [0.5, 0.6) is 0 Å². The van der Waals surface area contributed by atoms with Gasteiger partial charge in [-0.1, -0.05) is 58.3 Å². The Bertz CT molecular complexity index is 382. The Morgan fingerprint density at radius 2 is 1.54 bits per heavy atom. The van der Waals surface area contributed by atoms with Gasteiger partial charge in [0.15, 0.2) is 5.96 Å². The van der Waals surface area contributed by atoms with Gasteiger partial charge in [0, 0.05) is 13.0 Å². The van der Waals surface area contributed by atoms with E-state index < -0.39 is 12.0 Å². The van der Waals surface area contributed by atoms with E-state index in [-0.39, 0.29) is 24.8 Å². The fourth-order valence-electron chi connectivity index (χ4n) is 2.44. The number of hydrogen-bond acceptors (Lipinski definition) is 3. The number of aliphatic carboxylic acids is 1. The molecular formula is C17H34N4O3. The summed E-state index contributed by atoms with van der Waals surface area (Å²) in [5, 5.41) is 11.6. The van der Waals surface area contributed by atoms with E-state index in [9.17, 15) is 9.59 Å². The van der Waals surface area contributed by atoms with Crippen LogP contribution in [0.15, 0.2) is 4.99 Å². The molecule has 0 aromatic carbocycles. The van der Waals surface area contributed by atoms with Crippen LogP contribution in [0.25, 0.3) is 0 Å². The van der Waals surface area contributed by atoms with Gasteiger partial charge in [-0.2, -0.15) is 0 Å². The van der Waals surface area contributed by atoms with Crippen LogP contribution < -0.4 is 16.8 Å². The molecule has 6 N–H and O–H groups in total. The van der Waals surface area contributed by atoms with E-state index in [0.29, 0.717) is 6.42 Å². The Labute approximate surface area is 145 Å².